The summed E-state index contributed by atoms with van der Waals surface area (Å²) in [5.41, 5.74) is 2.75. The third-order valence-electron chi connectivity index (χ3n) is 6.89. The third-order valence-corrected chi connectivity index (χ3v) is 9.42. The van der Waals surface area contributed by atoms with Gasteiger partial charge in [0.05, 0.1) is 20.6 Å². The van der Waals surface area contributed by atoms with Crippen LogP contribution in [0, 0.1) is 6.92 Å². The Balaban J connectivity index is 1.80. The van der Waals surface area contributed by atoms with Gasteiger partial charge in [-0.3, -0.25) is 13.9 Å². The SMILES string of the molecule is CCNC(=O)[C@@H](Cc1ccccc1)N(Cc1ccc(Cl)c(Cl)c1)C(=O)CN(c1ccc(C)cc1)S(=O)(=O)c1ccccc1. The second-order valence-electron chi connectivity index (χ2n) is 10.0. The molecule has 4 aromatic rings. The van der Waals surface area contributed by atoms with Crippen LogP contribution in [-0.4, -0.2) is 44.3 Å². The monoisotopic (exact) mass is 637 g/mol. The molecule has 0 spiro atoms. The van der Waals surface area contributed by atoms with Crippen molar-refractivity contribution in [3.05, 3.63) is 130 Å². The van der Waals surface area contributed by atoms with Gasteiger partial charge < -0.3 is 10.2 Å². The molecular weight excluding hydrogens is 605 g/mol. The van der Waals surface area contributed by atoms with Gasteiger partial charge in [-0.25, -0.2) is 8.42 Å². The van der Waals surface area contributed by atoms with E-state index in [1.165, 1.54) is 17.0 Å². The van der Waals surface area contributed by atoms with Crippen molar-refractivity contribution in [3.8, 4) is 0 Å². The van der Waals surface area contributed by atoms with Crippen LogP contribution < -0.4 is 9.62 Å². The van der Waals surface area contributed by atoms with E-state index in [0.29, 0.717) is 27.8 Å². The minimum absolute atomic E-state index is 0.00250. The van der Waals surface area contributed by atoms with Gasteiger partial charge >= 0.3 is 0 Å². The molecule has 0 aliphatic rings. The zero-order chi connectivity index (χ0) is 31.0. The van der Waals surface area contributed by atoms with E-state index >= 15 is 0 Å². The number of carbonyl (C=O) groups is 2. The second kappa shape index (κ2) is 14.6. The number of halogens is 2. The Labute approximate surface area is 263 Å². The molecule has 224 valence electrons. The number of nitrogens with one attached hydrogen (secondary N) is 1. The number of hydrogen-bond acceptors (Lipinski definition) is 4. The van der Waals surface area contributed by atoms with Crippen molar-refractivity contribution in [3.63, 3.8) is 0 Å². The van der Waals surface area contributed by atoms with Gasteiger partial charge in [0.15, 0.2) is 0 Å². The molecule has 0 bridgehead atoms. The van der Waals surface area contributed by atoms with Crippen molar-refractivity contribution in [1.82, 2.24) is 10.2 Å². The first-order valence-corrected chi connectivity index (χ1v) is 16.0. The summed E-state index contributed by atoms with van der Waals surface area (Å²) in [6.45, 7) is 3.51. The Morgan fingerprint density at radius 2 is 1.44 bits per heavy atom. The van der Waals surface area contributed by atoms with E-state index in [0.717, 1.165) is 15.4 Å². The quantitative estimate of drug-likeness (QED) is 0.198. The molecule has 0 saturated heterocycles. The van der Waals surface area contributed by atoms with Crippen LogP contribution in [0.25, 0.3) is 0 Å². The number of sulfonamides is 1. The molecule has 0 saturated carbocycles. The number of hydrogen-bond donors (Lipinski definition) is 1. The van der Waals surface area contributed by atoms with E-state index in [1.807, 2.05) is 37.3 Å². The minimum atomic E-state index is -4.15. The van der Waals surface area contributed by atoms with Crippen LogP contribution in [0.2, 0.25) is 10.0 Å². The number of rotatable bonds is 12. The standard InChI is InChI=1S/C33H33Cl2N3O4S/c1-3-36-33(40)31(21-25-10-6-4-7-11-25)37(22-26-16-19-29(34)30(35)20-26)32(39)23-38(27-17-14-24(2)15-18-27)43(41,42)28-12-8-5-9-13-28/h4-20,31H,3,21-23H2,1-2H3,(H,36,40)/t31-/m1/s1. The van der Waals surface area contributed by atoms with Crippen molar-refractivity contribution in [1.29, 1.82) is 0 Å². The molecule has 0 fully saturated rings. The average molecular weight is 639 g/mol. The Hall–Kier alpha value is -3.85. The van der Waals surface area contributed by atoms with Gasteiger partial charge in [-0.1, -0.05) is 95.5 Å². The first-order chi connectivity index (χ1) is 20.6. The topological polar surface area (TPSA) is 86.8 Å². The van der Waals surface area contributed by atoms with Crippen molar-refractivity contribution in [2.45, 2.75) is 37.8 Å². The van der Waals surface area contributed by atoms with Gasteiger partial charge in [-0.05, 0) is 61.4 Å². The summed E-state index contributed by atoms with van der Waals surface area (Å²) in [5.74, 6) is -0.911. The van der Waals surface area contributed by atoms with Gasteiger partial charge in [0, 0.05) is 19.5 Å². The third kappa shape index (κ3) is 8.16. The summed E-state index contributed by atoms with van der Waals surface area (Å²) in [7, 11) is -4.15. The summed E-state index contributed by atoms with van der Waals surface area (Å²) in [6.07, 6.45) is 0.218. The van der Waals surface area contributed by atoms with Crippen LogP contribution in [0.3, 0.4) is 0 Å². The number of carbonyl (C=O) groups excluding carboxylic acids is 2. The lowest BCUT2D eigenvalue weighted by molar-refractivity contribution is -0.140. The molecular formula is C33H33Cl2N3O4S. The molecule has 0 radical (unpaired) electrons. The van der Waals surface area contributed by atoms with E-state index in [4.69, 9.17) is 23.2 Å². The molecule has 7 nitrogen and oxygen atoms in total. The fraction of sp³-hybridized carbons (Fsp3) is 0.212. The molecule has 0 aliphatic carbocycles. The first-order valence-electron chi connectivity index (χ1n) is 13.8. The minimum Gasteiger partial charge on any atom is -0.355 e. The maximum Gasteiger partial charge on any atom is 0.264 e. The van der Waals surface area contributed by atoms with E-state index < -0.39 is 28.5 Å². The van der Waals surface area contributed by atoms with Crippen molar-refractivity contribution in [2.24, 2.45) is 0 Å². The lowest BCUT2D eigenvalue weighted by Gasteiger charge is -2.34. The molecule has 0 unspecified atom stereocenters. The van der Waals surface area contributed by atoms with Gasteiger partial charge in [0.2, 0.25) is 11.8 Å². The summed E-state index contributed by atoms with van der Waals surface area (Å²) in [5, 5.41) is 3.50. The van der Waals surface area contributed by atoms with Crippen LogP contribution in [-0.2, 0) is 32.6 Å². The summed E-state index contributed by atoms with van der Waals surface area (Å²) >= 11 is 12.4. The Kier molecular flexibility index (Phi) is 10.9. The van der Waals surface area contributed by atoms with Crippen LogP contribution in [0.1, 0.15) is 23.6 Å². The van der Waals surface area contributed by atoms with Gasteiger partial charge in [-0.15, -0.1) is 0 Å². The molecule has 0 heterocycles. The van der Waals surface area contributed by atoms with Crippen molar-refractivity contribution >= 4 is 50.7 Å². The highest BCUT2D eigenvalue weighted by Crippen LogP contribution is 2.27. The number of likely N-dealkylation sites (N-methyl/N-ethyl adjacent to an activating group) is 1. The molecule has 4 rings (SSSR count). The fourth-order valence-corrected chi connectivity index (χ4v) is 6.40. The largest absolute Gasteiger partial charge is 0.355 e. The maximum atomic E-state index is 14.3. The highest BCUT2D eigenvalue weighted by Gasteiger charge is 2.34. The van der Waals surface area contributed by atoms with Crippen LogP contribution in [0.5, 0.6) is 0 Å². The molecule has 0 aliphatic heterocycles. The van der Waals surface area contributed by atoms with Crippen molar-refractivity contribution < 1.29 is 18.0 Å². The molecule has 10 heteroatoms. The predicted octanol–water partition coefficient (Wildman–Crippen LogP) is 6.27. The fourth-order valence-electron chi connectivity index (χ4n) is 4.64. The summed E-state index contributed by atoms with van der Waals surface area (Å²) in [6, 6.07) is 28.3. The molecule has 1 N–H and O–H groups in total. The summed E-state index contributed by atoms with van der Waals surface area (Å²) in [4.78, 5) is 29.3. The lowest BCUT2D eigenvalue weighted by atomic mass is 10.0. The van der Waals surface area contributed by atoms with E-state index in [2.05, 4.69) is 5.32 Å². The van der Waals surface area contributed by atoms with Gasteiger partial charge in [0.1, 0.15) is 12.6 Å². The highest BCUT2D eigenvalue weighted by molar-refractivity contribution is 7.92. The average Bonchev–Trinajstić information content (AvgIpc) is 3.01. The second-order valence-corrected chi connectivity index (χ2v) is 12.7. The Bertz CT molecular complexity index is 1650. The van der Waals surface area contributed by atoms with Crippen molar-refractivity contribution in [2.75, 3.05) is 17.4 Å². The zero-order valence-corrected chi connectivity index (χ0v) is 26.2. The predicted molar refractivity (Wildman–Crippen MR) is 172 cm³/mol. The summed E-state index contributed by atoms with van der Waals surface area (Å²) < 4.78 is 29.0. The van der Waals surface area contributed by atoms with E-state index in [1.54, 1.807) is 67.6 Å². The molecule has 43 heavy (non-hydrogen) atoms. The molecule has 0 aromatic heterocycles. The molecule has 1 atom stereocenters. The maximum absolute atomic E-state index is 14.3. The Morgan fingerprint density at radius 1 is 0.814 bits per heavy atom. The zero-order valence-electron chi connectivity index (χ0n) is 23.9. The first kappa shape index (κ1) is 32.1. The lowest BCUT2D eigenvalue weighted by Crippen LogP contribution is -2.53. The normalized spacial score (nSPS) is 11.9. The Morgan fingerprint density at radius 3 is 2.05 bits per heavy atom. The number of amides is 2. The number of nitrogens with zero attached hydrogens (tertiary/aromatic N) is 2. The van der Waals surface area contributed by atoms with Crippen LogP contribution in [0.15, 0.2) is 108 Å². The number of benzene rings is 4. The smallest absolute Gasteiger partial charge is 0.264 e. The van der Waals surface area contributed by atoms with Crippen LogP contribution in [0.4, 0.5) is 5.69 Å². The number of aryl methyl sites for hydroxylation is 1. The van der Waals surface area contributed by atoms with Gasteiger partial charge in [-0.2, -0.15) is 0 Å². The molecule has 4 aromatic carbocycles. The van der Waals surface area contributed by atoms with E-state index in [9.17, 15) is 18.0 Å². The highest BCUT2D eigenvalue weighted by atomic mass is 35.5. The molecule has 2 amide bonds. The van der Waals surface area contributed by atoms with E-state index in [-0.39, 0.29) is 23.8 Å². The number of anilines is 1. The van der Waals surface area contributed by atoms with Crippen LogP contribution >= 0.6 is 23.2 Å². The van der Waals surface area contributed by atoms with Gasteiger partial charge in [0.25, 0.3) is 10.0 Å².